The van der Waals surface area contributed by atoms with E-state index in [1.54, 1.807) is 11.3 Å². The third-order valence-corrected chi connectivity index (χ3v) is 19.7. The monoisotopic (exact) mass is 1200 g/mol. The molecule has 0 bridgehead atoms. The number of fused-ring (bicyclic) bond motifs is 2. The summed E-state index contributed by atoms with van der Waals surface area (Å²) < 4.78 is 12.3. The highest BCUT2D eigenvalue weighted by Crippen LogP contribution is 2.41. The van der Waals surface area contributed by atoms with Crippen LogP contribution in [-0.2, 0) is 45.1 Å². The molecule has 3 aromatic heterocycles. The van der Waals surface area contributed by atoms with Crippen LogP contribution in [0.25, 0.3) is 20.7 Å². The normalized spacial score (nSPS) is 19.0. The van der Waals surface area contributed by atoms with Gasteiger partial charge in [-0.2, -0.15) is 0 Å². The molecule has 3 atom stereocenters. The SMILES string of the molecule is COC(=O)c1nc(N2CCc3cccc(C(=O)Nc4nc5ccccc5s4)c3C2)sc1CCCOc1ccc(C#CCN2CC(CC3CC(C(=O)N[C@H](C(=O)N4C[C@H](O)C[C@H]4C(=O)NCc4ccc(-c5scnc5C)cc4)C(C)(C)C)C3)C2)cc1. The van der Waals surface area contributed by atoms with Crippen LogP contribution in [0.1, 0.15) is 107 Å². The van der Waals surface area contributed by atoms with Crippen LogP contribution in [0.3, 0.4) is 0 Å². The first-order valence-corrected chi connectivity index (χ1v) is 31.7. The number of methoxy groups -OCH3 is 1. The number of carbonyl (C=O) groups excluding carboxylic acids is 5. The van der Waals surface area contributed by atoms with E-state index in [2.05, 4.69) is 53.6 Å². The van der Waals surface area contributed by atoms with Gasteiger partial charge in [0.15, 0.2) is 16.0 Å². The number of thiazole rings is 3. The van der Waals surface area contributed by atoms with Crippen LogP contribution in [0.2, 0.25) is 0 Å². The first-order chi connectivity index (χ1) is 41.0. The summed E-state index contributed by atoms with van der Waals surface area (Å²) in [6.45, 7) is 12.2. The van der Waals surface area contributed by atoms with Crippen molar-refractivity contribution in [3.8, 4) is 28.0 Å². The number of aliphatic hydroxyl groups is 1. The molecule has 3 fully saturated rings. The Balaban J connectivity index is 0.587. The second-order valence-electron chi connectivity index (χ2n) is 23.8. The largest absolute Gasteiger partial charge is 0.494 e. The molecule has 3 aliphatic heterocycles. The summed E-state index contributed by atoms with van der Waals surface area (Å²) in [6, 6.07) is 27.7. The molecule has 0 unspecified atom stereocenters. The quantitative estimate of drug-likeness (QED) is 0.0339. The smallest absolute Gasteiger partial charge is 0.357 e. The number of hydrogen-bond donors (Lipinski definition) is 4. The fourth-order valence-electron chi connectivity index (χ4n) is 11.9. The molecule has 4 aromatic carbocycles. The van der Waals surface area contributed by atoms with Gasteiger partial charge in [0.25, 0.3) is 5.91 Å². The number of para-hydroxylation sites is 1. The summed E-state index contributed by atoms with van der Waals surface area (Å²) in [5, 5.41) is 21.0. The number of aryl methyl sites for hydroxylation is 2. The number of ether oxygens (including phenoxy) is 2. The number of aliphatic hydroxyl groups excluding tert-OH is 1. The molecule has 85 heavy (non-hydrogen) atoms. The number of anilines is 2. The molecule has 4 amide bonds. The van der Waals surface area contributed by atoms with Crippen molar-refractivity contribution in [2.24, 2.45) is 23.2 Å². The van der Waals surface area contributed by atoms with Gasteiger partial charge in [0.05, 0.1) is 52.7 Å². The Morgan fingerprint density at radius 1 is 0.882 bits per heavy atom. The number of β-amino-alcohol motifs (C(OH)–C–C–N with tert-alkyl or cyclic N) is 1. The van der Waals surface area contributed by atoms with Crippen molar-refractivity contribution in [1.82, 2.24) is 35.4 Å². The molecule has 4 N–H and O–H groups in total. The summed E-state index contributed by atoms with van der Waals surface area (Å²) >= 11 is 4.50. The van der Waals surface area contributed by atoms with Crippen LogP contribution in [0.5, 0.6) is 5.75 Å². The van der Waals surface area contributed by atoms with Gasteiger partial charge in [-0.15, -0.1) is 22.7 Å². The molecular formula is C65H71N9O8S3. The van der Waals surface area contributed by atoms with Gasteiger partial charge >= 0.3 is 5.97 Å². The fraction of sp³-hybridized carbons (Fsp3) is 0.415. The van der Waals surface area contributed by atoms with Crippen molar-refractivity contribution in [3.05, 3.63) is 141 Å². The Hall–Kier alpha value is -7.54. The van der Waals surface area contributed by atoms with Gasteiger partial charge in [0.2, 0.25) is 17.7 Å². The van der Waals surface area contributed by atoms with Crippen LogP contribution in [0.4, 0.5) is 10.3 Å². The second-order valence-corrected chi connectivity index (χ2v) is 26.8. The van der Waals surface area contributed by atoms with Gasteiger partial charge in [-0.05, 0) is 127 Å². The molecule has 17 nitrogen and oxygen atoms in total. The van der Waals surface area contributed by atoms with Crippen molar-refractivity contribution in [2.75, 3.05) is 56.7 Å². The van der Waals surface area contributed by atoms with Crippen LogP contribution < -0.4 is 25.6 Å². The first-order valence-electron chi connectivity index (χ1n) is 29.1. The van der Waals surface area contributed by atoms with Gasteiger partial charge in [-0.25, -0.2) is 19.7 Å². The minimum atomic E-state index is -0.856. The van der Waals surface area contributed by atoms with Gasteiger partial charge in [-0.3, -0.25) is 29.4 Å². The summed E-state index contributed by atoms with van der Waals surface area (Å²) in [5.41, 5.74) is 8.84. The lowest BCUT2D eigenvalue weighted by Crippen LogP contribution is -2.59. The molecule has 442 valence electrons. The highest BCUT2D eigenvalue weighted by atomic mass is 32.1. The number of nitrogens with one attached hydrogen (secondary N) is 3. The van der Waals surface area contributed by atoms with E-state index in [9.17, 15) is 29.1 Å². The number of rotatable bonds is 19. The Labute approximate surface area is 507 Å². The topological polar surface area (TPSA) is 209 Å². The Bertz CT molecular complexity index is 3610. The minimum absolute atomic E-state index is 0.0301. The third kappa shape index (κ3) is 13.9. The molecule has 1 saturated carbocycles. The summed E-state index contributed by atoms with van der Waals surface area (Å²) in [6.07, 6.45) is 3.87. The van der Waals surface area contributed by atoms with Gasteiger partial charge in [-0.1, -0.05) is 92.5 Å². The highest BCUT2D eigenvalue weighted by molar-refractivity contribution is 7.22. The lowest BCUT2D eigenvalue weighted by atomic mass is 9.69. The standard InChI is InChI=1S/C65H71N9O8S3/c1-39-56(83-38-67-39)45-21-17-41(18-22-45)33-66-60(78)52-32-47(75)36-74(52)61(79)57(65(2,3)4)70-58(76)46-30-42(31-46)29-43-34-72(35-43)26-9-11-40-19-23-48(24-20-40)82-28-10-16-54-55(62(80)81-5)69-64(85-54)73-27-25-44-12-8-13-49(50(44)37-73)59(77)71-63-68-51-14-6-7-15-53(51)84-63/h6-8,12-15,17-24,38,42-43,46-47,52,57,75H,10,16,25-37H2,1-5H3,(H,66,78)(H,70,76)(H,68,71,77)/t42?,46?,47-,52+,57-/m1/s1. The minimum Gasteiger partial charge on any atom is -0.494 e. The Morgan fingerprint density at radius 2 is 1.67 bits per heavy atom. The average molecular weight is 1200 g/mol. The van der Waals surface area contributed by atoms with Gasteiger partial charge in [0.1, 0.15) is 17.8 Å². The third-order valence-electron chi connectivity index (χ3n) is 16.6. The van der Waals surface area contributed by atoms with E-state index in [4.69, 9.17) is 14.5 Å². The van der Waals surface area contributed by atoms with Crippen LogP contribution in [0.15, 0.2) is 96.5 Å². The zero-order valence-electron chi connectivity index (χ0n) is 48.5. The van der Waals surface area contributed by atoms with E-state index in [0.717, 1.165) is 98.0 Å². The molecule has 0 spiro atoms. The van der Waals surface area contributed by atoms with E-state index >= 15 is 0 Å². The van der Waals surface area contributed by atoms with Crippen molar-refractivity contribution in [3.63, 3.8) is 0 Å². The number of likely N-dealkylation sites (tertiary alicyclic amines) is 2. The maximum atomic E-state index is 14.2. The molecular weight excluding hydrogens is 1130 g/mol. The predicted molar refractivity (Wildman–Crippen MR) is 332 cm³/mol. The van der Waals surface area contributed by atoms with Crippen LogP contribution >= 0.6 is 34.0 Å². The number of esters is 1. The number of hydrogen-bond acceptors (Lipinski definition) is 16. The lowest BCUT2D eigenvalue weighted by molar-refractivity contribution is -0.145. The van der Waals surface area contributed by atoms with Crippen molar-refractivity contribution in [1.29, 1.82) is 0 Å². The number of aromatic nitrogens is 3. The molecule has 4 aliphatic rings. The number of amides is 4. The van der Waals surface area contributed by atoms with Crippen molar-refractivity contribution >= 4 is 84.1 Å². The molecule has 11 rings (SSSR count). The van der Waals surface area contributed by atoms with Crippen molar-refractivity contribution < 1.29 is 38.6 Å². The van der Waals surface area contributed by atoms with Crippen LogP contribution in [0, 0.1) is 41.9 Å². The van der Waals surface area contributed by atoms with Crippen LogP contribution in [-0.4, -0.2) is 124 Å². The van der Waals surface area contributed by atoms with E-state index in [1.807, 2.05) is 118 Å². The van der Waals surface area contributed by atoms with E-state index in [0.29, 0.717) is 72.4 Å². The lowest BCUT2D eigenvalue weighted by Gasteiger charge is -2.44. The second kappa shape index (κ2) is 26.0. The molecule has 0 radical (unpaired) electrons. The van der Waals surface area contributed by atoms with E-state index in [1.165, 1.54) is 34.7 Å². The van der Waals surface area contributed by atoms with Gasteiger partial charge < -0.3 is 35.0 Å². The molecule has 6 heterocycles. The van der Waals surface area contributed by atoms with Crippen molar-refractivity contribution in [2.45, 2.75) is 104 Å². The summed E-state index contributed by atoms with van der Waals surface area (Å²) in [7, 11) is 1.36. The first kappa shape index (κ1) is 59.2. The number of nitrogens with zero attached hydrogens (tertiary/aromatic N) is 6. The summed E-state index contributed by atoms with van der Waals surface area (Å²) in [5.74, 6) is 6.68. The Morgan fingerprint density at radius 3 is 2.41 bits per heavy atom. The van der Waals surface area contributed by atoms with Gasteiger partial charge in [0, 0.05) is 67.6 Å². The molecule has 20 heteroatoms. The van der Waals surface area contributed by atoms with E-state index < -0.39 is 29.6 Å². The molecule has 2 saturated heterocycles. The molecule has 1 aliphatic carbocycles. The zero-order valence-corrected chi connectivity index (χ0v) is 51.0. The summed E-state index contributed by atoms with van der Waals surface area (Å²) in [4.78, 5) is 89.6. The maximum absolute atomic E-state index is 14.2. The fourth-order valence-corrected chi connectivity index (χ4v) is 14.7. The number of carbonyl (C=O) groups is 5. The van der Waals surface area contributed by atoms with E-state index in [-0.39, 0.29) is 49.1 Å². The highest BCUT2D eigenvalue weighted by Gasteiger charge is 2.46. The predicted octanol–water partition coefficient (Wildman–Crippen LogP) is 9.31. The maximum Gasteiger partial charge on any atom is 0.357 e. The number of benzene rings is 4. The zero-order chi connectivity index (χ0) is 59.4. The Kier molecular flexibility index (Phi) is 18.1. The average Bonchev–Trinajstić information content (AvgIpc) is 3.89. The molecule has 7 aromatic rings.